The number of fused-ring (bicyclic) bond motifs is 2. The number of carbonyl (C=O) groups excluding carboxylic acids is 2. The molecule has 2 aliphatic rings. The molecule has 0 radical (unpaired) electrons. The SMILES string of the molecule is CC(C)(C)OC(=O)N1C[C@@H]2CCC[C@@H]2[C@H]1CNC(=O)c1onc2ccccc12. The highest BCUT2D eigenvalue weighted by molar-refractivity contribution is 6.03. The van der Waals surface area contributed by atoms with Crippen LogP contribution in [0.5, 0.6) is 0 Å². The summed E-state index contributed by atoms with van der Waals surface area (Å²) >= 11 is 0. The lowest BCUT2D eigenvalue weighted by atomic mass is 9.94. The molecule has 150 valence electrons. The zero-order chi connectivity index (χ0) is 19.9. The molecule has 28 heavy (non-hydrogen) atoms. The molecule has 2 aromatic rings. The molecule has 2 amide bonds. The Hall–Kier alpha value is -2.57. The molecule has 1 aromatic heterocycles. The Bertz CT molecular complexity index is 885. The molecule has 0 unspecified atom stereocenters. The Morgan fingerprint density at radius 2 is 2.07 bits per heavy atom. The van der Waals surface area contributed by atoms with E-state index in [1.165, 1.54) is 6.42 Å². The molecule has 0 spiro atoms. The number of nitrogens with one attached hydrogen (secondary N) is 1. The van der Waals surface area contributed by atoms with Crippen LogP contribution in [0.15, 0.2) is 28.8 Å². The molecule has 7 nitrogen and oxygen atoms in total. The van der Waals surface area contributed by atoms with Crippen LogP contribution in [-0.4, -0.2) is 46.8 Å². The molecule has 7 heteroatoms. The molecular weight excluding hydrogens is 358 g/mol. The largest absolute Gasteiger partial charge is 0.444 e. The minimum Gasteiger partial charge on any atom is -0.444 e. The van der Waals surface area contributed by atoms with Crippen molar-refractivity contribution < 1.29 is 18.8 Å². The van der Waals surface area contributed by atoms with Gasteiger partial charge in [0, 0.05) is 13.1 Å². The van der Waals surface area contributed by atoms with Crippen molar-refractivity contribution >= 4 is 22.9 Å². The molecule has 1 aliphatic heterocycles. The van der Waals surface area contributed by atoms with Gasteiger partial charge >= 0.3 is 6.09 Å². The summed E-state index contributed by atoms with van der Waals surface area (Å²) in [6.07, 6.45) is 3.08. The summed E-state index contributed by atoms with van der Waals surface area (Å²) in [7, 11) is 0. The summed E-state index contributed by atoms with van der Waals surface area (Å²) in [5, 5.41) is 7.58. The van der Waals surface area contributed by atoms with Crippen molar-refractivity contribution in [1.29, 1.82) is 0 Å². The fraction of sp³-hybridized carbons (Fsp3) is 0.571. The smallest absolute Gasteiger partial charge is 0.410 e. The number of ether oxygens (including phenoxy) is 1. The number of benzene rings is 1. The lowest BCUT2D eigenvalue weighted by Gasteiger charge is -2.30. The first-order valence-electron chi connectivity index (χ1n) is 9.96. The molecule has 1 aliphatic carbocycles. The number of likely N-dealkylation sites (tertiary alicyclic amines) is 1. The van der Waals surface area contributed by atoms with E-state index in [1.54, 1.807) is 11.0 Å². The molecule has 2 fully saturated rings. The van der Waals surface area contributed by atoms with E-state index in [-0.39, 0.29) is 23.8 Å². The van der Waals surface area contributed by atoms with E-state index in [9.17, 15) is 9.59 Å². The van der Waals surface area contributed by atoms with E-state index in [2.05, 4.69) is 10.5 Å². The highest BCUT2D eigenvalue weighted by Gasteiger charge is 2.47. The van der Waals surface area contributed by atoms with E-state index >= 15 is 0 Å². The highest BCUT2D eigenvalue weighted by Crippen LogP contribution is 2.42. The number of nitrogens with zero attached hydrogens (tertiary/aromatic N) is 2. The van der Waals surface area contributed by atoms with Crippen molar-refractivity contribution in [3.05, 3.63) is 30.0 Å². The fourth-order valence-electron chi connectivity index (χ4n) is 4.54. The minimum atomic E-state index is -0.540. The Kier molecular flexibility index (Phi) is 4.77. The average molecular weight is 385 g/mol. The van der Waals surface area contributed by atoms with Gasteiger partial charge in [-0.3, -0.25) is 4.79 Å². The van der Waals surface area contributed by atoms with Crippen LogP contribution in [0.25, 0.3) is 10.9 Å². The summed E-state index contributed by atoms with van der Waals surface area (Å²) in [6.45, 7) is 6.69. The van der Waals surface area contributed by atoms with E-state index in [1.807, 2.05) is 39.0 Å². The molecule has 1 N–H and O–H groups in total. The Labute approximate surface area is 164 Å². The second-order valence-corrected chi connectivity index (χ2v) is 8.79. The number of amides is 2. The number of hydrogen-bond acceptors (Lipinski definition) is 5. The van der Waals surface area contributed by atoms with Crippen LogP contribution in [0, 0.1) is 11.8 Å². The van der Waals surface area contributed by atoms with Crippen LogP contribution >= 0.6 is 0 Å². The third-order valence-electron chi connectivity index (χ3n) is 5.73. The van der Waals surface area contributed by atoms with Gasteiger partial charge in [0.05, 0.1) is 11.4 Å². The monoisotopic (exact) mass is 385 g/mol. The van der Waals surface area contributed by atoms with Gasteiger partial charge in [0.25, 0.3) is 5.91 Å². The van der Waals surface area contributed by atoms with Crippen molar-refractivity contribution in [2.75, 3.05) is 13.1 Å². The molecule has 0 bridgehead atoms. The summed E-state index contributed by atoms with van der Waals surface area (Å²) in [4.78, 5) is 27.2. The third-order valence-corrected chi connectivity index (χ3v) is 5.73. The zero-order valence-corrected chi connectivity index (χ0v) is 16.6. The first-order valence-corrected chi connectivity index (χ1v) is 9.96. The normalized spacial score (nSPS) is 24.4. The van der Waals surface area contributed by atoms with Gasteiger partial charge in [-0.15, -0.1) is 0 Å². The van der Waals surface area contributed by atoms with E-state index in [0.29, 0.717) is 35.8 Å². The van der Waals surface area contributed by atoms with Crippen molar-refractivity contribution in [2.24, 2.45) is 11.8 Å². The molecule has 4 rings (SSSR count). The Morgan fingerprint density at radius 3 is 2.86 bits per heavy atom. The summed E-state index contributed by atoms with van der Waals surface area (Å²) < 4.78 is 10.9. The third kappa shape index (κ3) is 3.57. The maximum absolute atomic E-state index is 12.7. The van der Waals surface area contributed by atoms with Gasteiger partial charge in [-0.05, 0) is 57.6 Å². The summed E-state index contributed by atoms with van der Waals surface area (Å²) in [5.41, 5.74) is 0.112. The van der Waals surface area contributed by atoms with Crippen molar-refractivity contribution in [2.45, 2.75) is 51.7 Å². The van der Waals surface area contributed by atoms with Gasteiger partial charge in [-0.1, -0.05) is 23.7 Å². The maximum atomic E-state index is 12.7. The second kappa shape index (κ2) is 7.11. The van der Waals surface area contributed by atoms with Crippen LogP contribution in [0.4, 0.5) is 4.79 Å². The molecular formula is C21H27N3O4. The van der Waals surface area contributed by atoms with E-state index in [4.69, 9.17) is 9.26 Å². The number of rotatable bonds is 3. The van der Waals surface area contributed by atoms with Crippen LogP contribution in [0.2, 0.25) is 0 Å². The highest BCUT2D eigenvalue weighted by atomic mass is 16.6. The predicted molar refractivity (Wildman–Crippen MR) is 104 cm³/mol. The van der Waals surface area contributed by atoms with Gasteiger partial charge < -0.3 is 19.5 Å². The van der Waals surface area contributed by atoms with Crippen molar-refractivity contribution in [3.8, 4) is 0 Å². The van der Waals surface area contributed by atoms with Gasteiger partial charge in [-0.2, -0.15) is 0 Å². The van der Waals surface area contributed by atoms with Crippen molar-refractivity contribution in [3.63, 3.8) is 0 Å². The van der Waals surface area contributed by atoms with E-state index < -0.39 is 5.60 Å². The zero-order valence-electron chi connectivity index (χ0n) is 16.6. The Balaban J connectivity index is 1.48. The van der Waals surface area contributed by atoms with E-state index in [0.717, 1.165) is 12.8 Å². The first-order chi connectivity index (χ1) is 13.3. The van der Waals surface area contributed by atoms with Crippen LogP contribution in [-0.2, 0) is 4.74 Å². The predicted octanol–water partition coefficient (Wildman–Crippen LogP) is 3.59. The van der Waals surface area contributed by atoms with Crippen LogP contribution in [0.3, 0.4) is 0 Å². The summed E-state index contributed by atoms with van der Waals surface area (Å²) in [5.74, 6) is 0.791. The first kappa shape index (κ1) is 18.8. The fourth-order valence-corrected chi connectivity index (χ4v) is 4.54. The second-order valence-electron chi connectivity index (χ2n) is 8.79. The average Bonchev–Trinajstić information content (AvgIpc) is 3.32. The van der Waals surface area contributed by atoms with Gasteiger partial charge in [0.2, 0.25) is 5.76 Å². The molecule has 1 saturated carbocycles. The topological polar surface area (TPSA) is 84.7 Å². The minimum absolute atomic E-state index is 0.0551. The number of hydrogen-bond donors (Lipinski definition) is 1. The van der Waals surface area contributed by atoms with Gasteiger partial charge in [0.1, 0.15) is 11.1 Å². The quantitative estimate of drug-likeness (QED) is 0.873. The number of carbonyl (C=O) groups is 2. The molecule has 2 heterocycles. The maximum Gasteiger partial charge on any atom is 0.410 e. The van der Waals surface area contributed by atoms with Gasteiger partial charge in [0.15, 0.2) is 0 Å². The molecule has 3 atom stereocenters. The lowest BCUT2D eigenvalue weighted by Crippen LogP contribution is -2.47. The lowest BCUT2D eigenvalue weighted by molar-refractivity contribution is 0.0199. The molecule has 1 aromatic carbocycles. The molecule has 1 saturated heterocycles. The summed E-state index contributed by atoms with van der Waals surface area (Å²) in [6, 6.07) is 7.27. The van der Waals surface area contributed by atoms with Gasteiger partial charge in [-0.25, -0.2) is 4.79 Å². The number of aromatic nitrogens is 1. The van der Waals surface area contributed by atoms with Crippen LogP contribution < -0.4 is 5.32 Å². The van der Waals surface area contributed by atoms with Crippen molar-refractivity contribution in [1.82, 2.24) is 15.4 Å². The standard InChI is InChI=1S/C21H27N3O4/c1-21(2,3)27-20(26)24-12-13-7-6-9-14(13)17(24)11-22-19(25)18-15-8-4-5-10-16(15)23-28-18/h4-5,8,10,13-14,17H,6-7,9,11-12H2,1-3H3,(H,22,25)/t13-,14-,17+/m0/s1. The Morgan fingerprint density at radius 1 is 1.29 bits per heavy atom. The van der Waals surface area contributed by atoms with Crippen LogP contribution in [0.1, 0.15) is 50.6 Å².